The number of pyridine rings is 1. The summed E-state index contributed by atoms with van der Waals surface area (Å²) in [6.07, 6.45) is 1.43. The van der Waals surface area contributed by atoms with Crippen LogP contribution in [0.1, 0.15) is 48.3 Å². The number of hydrogen-bond donors (Lipinski definition) is 4. The molecule has 2 aromatic heterocycles. The number of amides is 1. The quantitative estimate of drug-likeness (QED) is 0.368. The summed E-state index contributed by atoms with van der Waals surface area (Å²) in [7, 11) is 0. The van der Waals surface area contributed by atoms with E-state index in [1.165, 1.54) is 12.1 Å². The van der Waals surface area contributed by atoms with Gasteiger partial charge < -0.3 is 21.3 Å². The summed E-state index contributed by atoms with van der Waals surface area (Å²) in [6, 6.07) is 10.8. The van der Waals surface area contributed by atoms with E-state index in [1.54, 1.807) is 38.1 Å². The summed E-state index contributed by atoms with van der Waals surface area (Å²) in [6.45, 7) is 4.23. The summed E-state index contributed by atoms with van der Waals surface area (Å²) >= 11 is 1.16. The van der Waals surface area contributed by atoms with Crippen LogP contribution in [0.25, 0.3) is 10.4 Å². The lowest BCUT2D eigenvalue weighted by Crippen LogP contribution is -2.35. The fourth-order valence-electron chi connectivity index (χ4n) is 4.15. The predicted octanol–water partition coefficient (Wildman–Crippen LogP) is 4.07. The van der Waals surface area contributed by atoms with Gasteiger partial charge in [-0.3, -0.25) is 14.5 Å². The molecule has 1 saturated heterocycles. The van der Waals surface area contributed by atoms with Crippen LogP contribution in [0.3, 0.4) is 0 Å². The number of halogens is 1. The first-order chi connectivity index (χ1) is 16.5. The van der Waals surface area contributed by atoms with Crippen LogP contribution >= 0.6 is 11.3 Å². The van der Waals surface area contributed by atoms with Crippen LogP contribution < -0.4 is 11.1 Å². The maximum atomic E-state index is 14.9. The predicted molar refractivity (Wildman–Crippen MR) is 132 cm³/mol. The Balaban J connectivity index is 1.59. The molecule has 184 valence electrons. The van der Waals surface area contributed by atoms with Gasteiger partial charge in [-0.15, -0.1) is 11.3 Å². The van der Waals surface area contributed by atoms with Crippen molar-refractivity contribution in [1.82, 2.24) is 9.88 Å². The Hall–Kier alpha value is -3.34. The van der Waals surface area contributed by atoms with Gasteiger partial charge in [-0.1, -0.05) is 18.2 Å². The zero-order chi connectivity index (χ0) is 25.3. The summed E-state index contributed by atoms with van der Waals surface area (Å²) in [5, 5.41) is 23.1. The summed E-state index contributed by atoms with van der Waals surface area (Å²) in [5.74, 6) is -1.56. The molecule has 1 aromatic carbocycles. The number of carboxylic acid groups (broad SMARTS) is 1. The normalized spacial score (nSPS) is 16.4. The molecule has 0 spiro atoms. The molecule has 3 heterocycles. The van der Waals surface area contributed by atoms with Crippen molar-refractivity contribution in [2.75, 3.05) is 11.9 Å². The number of nitrogens with one attached hydrogen (secondary N) is 1. The highest BCUT2D eigenvalue weighted by Crippen LogP contribution is 2.38. The molecule has 0 saturated carbocycles. The van der Waals surface area contributed by atoms with Gasteiger partial charge in [0.25, 0.3) is 5.91 Å². The Bertz CT molecular complexity index is 1270. The van der Waals surface area contributed by atoms with Crippen molar-refractivity contribution >= 4 is 34.0 Å². The van der Waals surface area contributed by atoms with E-state index in [0.717, 1.165) is 17.8 Å². The number of nitrogens with zero attached hydrogens (tertiary/aromatic N) is 2. The van der Waals surface area contributed by atoms with E-state index in [1.807, 2.05) is 11.0 Å². The molecule has 3 aromatic rings. The number of carboxylic acids is 1. The van der Waals surface area contributed by atoms with Crippen LogP contribution in [0.15, 0.2) is 42.5 Å². The van der Waals surface area contributed by atoms with Gasteiger partial charge in [0, 0.05) is 17.0 Å². The molecule has 1 aliphatic heterocycles. The van der Waals surface area contributed by atoms with Crippen LogP contribution in [0.4, 0.5) is 15.2 Å². The van der Waals surface area contributed by atoms with E-state index in [0.29, 0.717) is 46.5 Å². The molecule has 1 atom stereocenters. The van der Waals surface area contributed by atoms with Crippen molar-refractivity contribution in [3.63, 3.8) is 0 Å². The van der Waals surface area contributed by atoms with E-state index in [4.69, 9.17) is 5.73 Å². The van der Waals surface area contributed by atoms with Gasteiger partial charge in [-0.25, -0.2) is 9.37 Å². The first-order valence-electron chi connectivity index (χ1n) is 11.2. The van der Waals surface area contributed by atoms with Crippen LogP contribution in [-0.4, -0.2) is 44.6 Å². The minimum Gasteiger partial charge on any atom is -0.480 e. The zero-order valence-corrected chi connectivity index (χ0v) is 20.2. The molecule has 1 aliphatic rings. The number of anilines is 2. The lowest BCUT2D eigenvalue weighted by Gasteiger charge is -2.20. The van der Waals surface area contributed by atoms with Crippen LogP contribution in [-0.2, 0) is 16.9 Å². The lowest BCUT2D eigenvalue weighted by atomic mass is 9.96. The Kier molecular flexibility index (Phi) is 6.88. The van der Waals surface area contributed by atoms with Crippen molar-refractivity contribution in [3.05, 3.63) is 65.1 Å². The molecular weight excluding hydrogens is 471 g/mol. The Morgan fingerprint density at radius 2 is 2.06 bits per heavy atom. The number of aliphatic hydroxyl groups is 1. The van der Waals surface area contributed by atoms with Gasteiger partial charge in [-0.05, 0) is 63.1 Å². The smallest absolute Gasteiger partial charge is 0.320 e. The van der Waals surface area contributed by atoms with Gasteiger partial charge in [0.1, 0.15) is 22.7 Å². The Labute approximate surface area is 206 Å². The number of likely N-dealkylation sites (tertiary alicyclic amines) is 1. The molecule has 10 heteroatoms. The summed E-state index contributed by atoms with van der Waals surface area (Å²) in [4.78, 5) is 30.5. The minimum atomic E-state index is -1.18. The number of primary amides is 1. The molecule has 35 heavy (non-hydrogen) atoms. The van der Waals surface area contributed by atoms with E-state index >= 15 is 0 Å². The van der Waals surface area contributed by atoms with Crippen molar-refractivity contribution in [2.45, 2.75) is 44.9 Å². The van der Waals surface area contributed by atoms with Crippen molar-refractivity contribution in [1.29, 1.82) is 0 Å². The number of aliphatic carboxylic acids is 1. The second kappa shape index (κ2) is 9.73. The van der Waals surface area contributed by atoms with Crippen LogP contribution in [0.2, 0.25) is 0 Å². The Morgan fingerprint density at radius 3 is 2.71 bits per heavy atom. The first kappa shape index (κ1) is 24.8. The first-order valence-corrected chi connectivity index (χ1v) is 12.0. The standard InChI is InChI=1S/C25H27FN4O4S/c1-25(2,34)14-8-9-16(18(26)11-14)20-12-17(22(27)31)23(35-20)29-21-7-3-5-15(28-21)13-30-10-4-6-19(30)24(32)33/h3,5,7-9,11-12,19,34H,4,6,10,13H2,1-2H3,(H2,27,31)(H,28,29)(H,32,33). The Morgan fingerprint density at radius 1 is 1.29 bits per heavy atom. The van der Waals surface area contributed by atoms with Gasteiger partial charge in [0.15, 0.2) is 0 Å². The highest BCUT2D eigenvalue weighted by Gasteiger charge is 2.30. The number of carbonyl (C=O) groups excluding carboxylic acids is 1. The van der Waals surface area contributed by atoms with Crippen molar-refractivity contribution in [3.8, 4) is 10.4 Å². The summed E-state index contributed by atoms with van der Waals surface area (Å²) in [5.41, 5.74) is 6.01. The third-order valence-corrected chi connectivity index (χ3v) is 7.08. The topological polar surface area (TPSA) is 129 Å². The number of rotatable bonds is 8. The highest BCUT2D eigenvalue weighted by atomic mass is 32.1. The molecule has 1 amide bonds. The molecule has 8 nitrogen and oxygen atoms in total. The lowest BCUT2D eigenvalue weighted by molar-refractivity contribution is -0.142. The van der Waals surface area contributed by atoms with Crippen molar-refractivity contribution < 1.29 is 24.2 Å². The molecule has 0 radical (unpaired) electrons. The van der Waals surface area contributed by atoms with E-state index in [9.17, 15) is 24.2 Å². The number of hydrogen-bond acceptors (Lipinski definition) is 7. The average molecular weight is 499 g/mol. The molecule has 0 bridgehead atoms. The number of nitrogens with two attached hydrogens (primary N) is 1. The van der Waals surface area contributed by atoms with Gasteiger partial charge in [0.2, 0.25) is 0 Å². The van der Waals surface area contributed by atoms with Crippen LogP contribution in [0, 0.1) is 5.82 Å². The van der Waals surface area contributed by atoms with Gasteiger partial charge in [0.05, 0.1) is 16.9 Å². The third kappa shape index (κ3) is 5.50. The average Bonchev–Trinajstić information content (AvgIpc) is 3.40. The van der Waals surface area contributed by atoms with Gasteiger partial charge in [-0.2, -0.15) is 0 Å². The summed E-state index contributed by atoms with van der Waals surface area (Å²) < 4.78 is 14.9. The maximum Gasteiger partial charge on any atom is 0.320 e. The molecule has 4 rings (SSSR count). The number of thiophene rings is 1. The number of benzene rings is 1. The molecule has 0 aliphatic carbocycles. The molecule has 1 unspecified atom stereocenters. The number of carbonyl (C=O) groups is 2. The van der Waals surface area contributed by atoms with E-state index < -0.39 is 29.3 Å². The second-order valence-electron chi connectivity index (χ2n) is 9.08. The maximum absolute atomic E-state index is 14.9. The fourth-order valence-corrected chi connectivity index (χ4v) is 5.25. The van der Waals surface area contributed by atoms with Crippen molar-refractivity contribution in [2.24, 2.45) is 5.73 Å². The third-order valence-electron chi connectivity index (χ3n) is 6.00. The largest absolute Gasteiger partial charge is 0.480 e. The number of aromatic nitrogens is 1. The molecule has 5 N–H and O–H groups in total. The van der Waals surface area contributed by atoms with Crippen LogP contribution in [0.5, 0.6) is 0 Å². The molecule has 1 fully saturated rings. The van der Waals surface area contributed by atoms with E-state index in [-0.39, 0.29) is 11.1 Å². The fraction of sp³-hybridized carbons (Fsp3) is 0.320. The van der Waals surface area contributed by atoms with E-state index in [2.05, 4.69) is 10.3 Å². The monoisotopic (exact) mass is 498 g/mol. The van der Waals surface area contributed by atoms with Gasteiger partial charge >= 0.3 is 5.97 Å². The zero-order valence-electron chi connectivity index (χ0n) is 19.4. The highest BCUT2D eigenvalue weighted by molar-refractivity contribution is 7.19. The second-order valence-corrected chi connectivity index (χ2v) is 10.1. The molecular formula is C25H27FN4O4S. The SMILES string of the molecule is CC(C)(O)c1ccc(-c2cc(C(N)=O)c(Nc3cccc(CN4CCCC4C(=O)O)n3)s2)c(F)c1. The minimum absolute atomic E-state index is 0.202.